The number of piperidine rings is 1. The normalized spacial score (nSPS) is 15.8. The van der Waals surface area contributed by atoms with Gasteiger partial charge in [-0.1, -0.05) is 5.21 Å². The molecule has 1 N–H and O–H groups in total. The van der Waals surface area contributed by atoms with E-state index in [1.54, 1.807) is 27.7 Å². The van der Waals surface area contributed by atoms with Gasteiger partial charge in [-0.2, -0.15) is 0 Å². The standard InChI is InChI=1S/C17H19N5O2S/c23-10-14-9-22(20-19-14)8-12-3-5-21(6-4-12)17(24)13-1-2-15-16(7-13)25-11-18-15/h1-2,7,9,11-12,23H,3-6,8,10H2. The molecule has 3 heterocycles. The van der Waals surface area contributed by atoms with Crippen molar-refractivity contribution in [3.63, 3.8) is 0 Å². The molecule has 25 heavy (non-hydrogen) atoms. The molecule has 7 nitrogen and oxygen atoms in total. The molecule has 1 aliphatic heterocycles. The Bertz CT molecular complexity index is 882. The molecule has 0 bridgehead atoms. The second-order valence-electron chi connectivity index (χ2n) is 6.36. The predicted molar refractivity (Wildman–Crippen MR) is 94.2 cm³/mol. The van der Waals surface area contributed by atoms with Gasteiger partial charge < -0.3 is 10.0 Å². The van der Waals surface area contributed by atoms with Gasteiger partial charge in [-0.3, -0.25) is 9.48 Å². The lowest BCUT2D eigenvalue weighted by atomic mass is 9.96. The molecule has 0 unspecified atom stereocenters. The van der Waals surface area contributed by atoms with Crippen LogP contribution in [0.4, 0.5) is 0 Å². The fourth-order valence-corrected chi connectivity index (χ4v) is 3.97. The van der Waals surface area contributed by atoms with Crippen LogP contribution in [0.5, 0.6) is 0 Å². The summed E-state index contributed by atoms with van der Waals surface area (Å²) in [4.78, 5) is 18.9. The first-order chi connectivity index (χ1) is 12.2. The largest absolute Gasteiger partial charge is 0.390 e. The minimum atomic E-state index is -0.0863. The average molecular weight is 357 g/mol. The van der Waals surface area contributed by atoms with E-state index in [9.17, 15) is 4.79 Å². The molecular formula is C17H19N5O2S. The third kappa shape index (κ3) is 3.40. The number of rotatable bonds is 4. The zero-order valence-electron chi connectivity index (χ0n) is 13.7. The van der Waals surface area contributed by atoms with Crippen LogP contribution >= 0.6 is 11.3 Å². The Kier molecular flexibility index (Phi) is 4.46. The minimum absolute atomic E-state index is 0.0863. The quantitative estimate of drug-likeness (QED) is 0.771. The number of hydrogen-bond acceptors (Lipinski definition) is 6. The van der Waals surface area contributed by atoms with Gasteiger partial charge in [0.05, 0.1) is 28.5 Å². The van der Waals surface area contributed by atoms with Gasteiger partial charge in [0.2, 0.25) is 0 Å². The second kappa shape index (κ2) is 6.89. The van der Waals surface area contributed by atoms with E-state index in [1.807, 2.05) is 23.1 Å². The van der Waals surface area contributed by atoms with Gasteiger partial charge in [0.1, 0.15) is 5.69 Å². The maximum atomic E-state index is 12.7. The third-order valence-electron chi connectivity index (χ3n) is 4.67. The van der Waals surface area contributed by atoms with Crippen LogP contribution in [0, 0.1) is 5.92 Å². The second-order valence-corrected chi connectivity index (χ2v) is 7.25. The molecule has 0 spiro atoms. The first-order valence-corrected chi connectivity index (χ1v) is 9.23. The number of hydrogen-bond donors (Lipinski definition) is 1. The molecule has 4 rings (SSSR count). The molecule has 0 atom stereocenters. The van der Waals surface area contributed by atoms with Gasteiger partial charge in [-0.15, -0.1) is 16.4 Å². The topological polar surface area (TPSA) is 84.1 Å². The smallest absolute Gasteiger partial charge is 0.253 e. The van der Waals surface area contributed by atoms with Crippen LogP contribution in [-0.2, 0) is 13.2 Å². The highest BCUT2D eigenvalue weighted by Gasteiger charge is 2.24. The van der Waals surface area contributed by atoms with Gasteiger partial charge in [-0.25, -0.2) is 4.98 Å². The number of benzene rings is 1. The summed E-state index contributed by atoms with van der Waals surface area (Å²) in [7, 11) is 0. The molecule has 2 aromatic heterocycles. The Morgan fingerprint density at radius 3 is 2.92 bits per heavy atom. The SMILES string of the molecule is O=C(c1ccc2ncsc2c1)N1CCC(Cn2cc(CO)nn2)CC1. The molecule has 1 aromatic carbocycles. The first-order valence-electron chi connectivity index (χ1n) is 8.35. The predicted octanol–water partition coefficient (Wildman–Crippen LogP) is 1.93. The van der Waals surface area contributed by atoms with E-state index in [4.69, 9.17) is 5.11 Å². The molecule has 8 heteroatoms. The number of thiazole rings is 1. The molecular weight excluding hydrogens is 338 g/mol. The van der Waals surface area contributed by atoms with Crippen LogP contribution in [-0.4, -0.2) is 49.0 Å². The van der Waals surface area contributed by atoms with Gasteiger partial charge in [0, 0.05) is 25.2 Å². The van der Waals surface area contributed by atoms with Crippen LogP contribution in [0.25, 0.3) is 10.2 Å². The van der Waals surface area contributed by atoms with E-state index >= 15 is 0 Å². The van der Waals surface area contributed by atoms with E-state index in [-0.39, 0.29) is 12.5 Å². The van der Waals surface area contributed by atoms with Gasteiger partial charge in [0.15, 0.2) is 0 Å². The number of carbonyl (C=O) groups is 1. The van der Waals surface area contributed by atoms with Crippen molar-refractivity contribution >= 4 is 27.5 Å². The molecule has 0 aliphatic carbocycles. The van der Waals surface area contributed by atoms with E-state index in [2.05, 4.69) is 15.3 Å². The monoisotopic (exact) mass is 357 g/mol. The summed E-state index contributed by atoms with van der Waals surface area (Å²) in [5.41, 5.74) is 4.07. The van der Waals surface area contributed by atoms with E-state index in [0.29, 0.717) is 11.6 Å². The Labute approximate surface area is 148 Å². The molecule has 3 aromatic rings. The summed E-state index contributed by atoms with van der Waals surface area (Å²) >= 11 is 1.56. The lowest BCUT2D eigenvalue weighted by molar-refractivity contribution is 0.0681. The molecule has 1 saturated heterocycles. The van der Waals surface area contributed by atoms with Gasteiger partial charge in [0.25, 0.3) is 5.91 Å². The number of fused-ring (bicyclic) bond motifs is 1. The molecule has 0 saturated carbocycles. The average Bonchev–Trinajstić information content (AvgIpc) is 3.30. The van der Waals surface area contributed by atoms with E-state index in [1.165, 1.54) is 0 Å². The van der Waals surface area contributed by atoms with Gasteiger partial charge >= 0.3 is 0 Å². The Balaban J connectivity index is 1.36. The van der Waals surface area contributed by atoms with Crippen molar-refractivity contribution in [3.05, 3.63) is 41.2 Å². The van der Waals surface area contributed by atoms with Crippen LogP contribution in [0.15, 0.2) is 29.9 Å². The van der Waals surface area contributed by atoms with Gasteiger partial charge in [-0.05, 0) is 37.0 Å². The van der Waals surface area contributed by atoms with E-state index < -0.39 is 0 Å². The maximum absolute atomic E-state index is 12.7. The molecule has 1 amide bonds. The Hall–Kier alpha value is -2.32. The number of aliphatic hydroxyl groups is 1. The third-order valence-corrected chi connectivity index (χ3v) is 5.47. The van der Waals surface area contributed by atoms with Crippen molar-refractivity contribution in [2.24, 2.45) is 5.92 Å². The molecule has 1 aliphatic rings. The summed E-state index contributed by atoms with van der Waals surface area (Å²) in [6, 6.07) is 5.71. The molecule has 0 radical (unpaired) electrons. The summed E-state index contributed by atoms with van der Waals surface area (Å²) in [6.07, 6.45) is 3.67. The minimum Gasteiger partial charge on any atom is -0.390 e. The van der Waals surface area contributed by atoms with Crippen LogP contribution < -0.4 is 0 Å². The zero-order valence-corrected chi connectivity index (χ0v) is 14.5. The number of aliphatic hydroxyl groups excluding tert-OH is 1. The molecule has 1 fully saturated rings. The summed E-state index contributed by atoms with van der Waals surface area (Å²) in [5.74, 6) is 0.568. The van der Waals surface area contributed by atoms with Crippen molar-refractivity contribution in [1.29, 1.82) is 0 Å². The molecule has 130 valence electrons. The first kappa shape index (κ1) is 16.2. The lowest BCUT2D eigenvalue weighted by Crippen LogP contribution is -2.39. The number of aromatic nitrogens is 4. The van der Waals surface area contributed by atoms with Crippen molar-refractivity contribution in [2.75, 3.05) is 13.1 Å². The van der Waals surface area contributed by atoms with Crippen molar-refractivity contribution in [1.82, 2.24) is 24.9 Å². The van der Waals surface area contributed by atoms with Crippen molar-refractivity contribution < 1.29 is 9.90 Å². The fraction of sp³-hybridized carbons (Fsp3) is 0.412. The van der Waals surface area contributed by atoms with Crippen LogP contribution in [0.1, 0.15) is 28.9 Å². The van der Waals surface area contributed by atoms with E-state index in [0.717, 1.165) is 48.3 Å². The van der Waals surface area contributed by atoms with Crippen LogP contribution in [0.3, 0.4) is 0 Å². The number of likely N-dealkylation sites (tertiary alicyclic amines) is 1. The summed E-state index contributed by atoms with van der Waals surface area (Å²) in [6.45, 7) is 2.20. The van der Waals surface area contributed by atoms with Crippen LogP contribution in [0.2, 0.25) is 0 Å². The van der Waals surface area contributed by atoms with Crippen molar-refractivity contribution in [2.45, 2.75) is 26.0 Å². The fourth-order valence-electron chi connectivity index (χ4n) is 3.25. The maximum Gasteiger partial charge on any atom is 0.253 e. The Morgan fingerprint density at radius 1 is 1.32 bits per heavy atom. The number of amides is 1. The highest BCUT2D eigenvalue weighted by molar-refractivity contribution is 7.16. The zero-order chi connectivity index (χ0) is 17.2. The number of carbonyl (C=O) groups excluding carboxylic acids is 1. The highest BCUT2D eigenvalue weighted by Crippen LogP contribution is 2.23. The highest BCUT2D eigenvalue weighted by atomic mass is 32.1. The summed E-state index contributed by atoms with van der Waals surface area (Å²) in [5, 5.41) is 17.0. The number of nitrogens with zero attached hydrogens (tertiary/aromatic N) is 5. The van der Waals surface area contributed by atoms with Crippen molar-refractivity contribution in [3.8, 4) is 0 Å². The Morgan fingerprint density at radius 2 is 2.16 bits per heavy atom. The lowest BCUT2D eigenvalue weighted by Gasteiger charge is -2.32. The summed E-state index contributed by atoms with van der Waals surface area (Å²) < 4.78 is 2.83.